The van der Waals surface area contributed by atoms with E-state index in [1.54, 1.807) is 0 Å². The lowest BCUT2D eigenvalue weighted by atomic mass is 9.97. The first-order valence-electron chi connectivity index (χ1n) is 17.4. The van der Waals surface area contributed by atoms with Gasteiger partial charge in [0.2, 0.25) is 0 Å². The van der Waals surface area contributed by atoms with E-state index < -0.39 is 0 Å². The minimum absolute atomic E-state index is 1.11. The van der Waals surface area contributed by atoms with E-state index in [1.165, 1.54) is 69.9 Å². The van der Waals surface area contributed by atoms with Crippen LogP contribution in [0, 0.1) is 0 Å². The smallest absolute Gasteiger partial charge is 0.0640 e. The molecule has 2 aromatic heterocycles. The van der Waals surface area contributed by atoms with Crippen molar-refractivity contribution in [1.29, 1.82) is 0 Å². The van der Waals surface area contributed by atoms with Crippen LogP contribution >= 0.6 is 11.3 Å². The predicted molar refractivity (Wildman–Crippen MR) is 219 cm³/mol. The van der Waals surface area contributed by atoms with Crippen LogP contribution in [0.15, 0.2) is 194 Å². The Hall–Kier alpha value is -6.42. The Bertz CT molecular complexity index is 2790. The molecule has 2 nitrogen and oxygen atoms in total. The standard InChI is InChI=1S/C48H32N2S/c1-4-15-33(16-5-1)35-29-36(34-17-6-2-7-18-34)31-39(30-35)49(45-25-14-23-43-42-22-11-13-26-47(42)51-48(43)45)38-27-28-41-40-21-10-12-24-44(40)50(46(41)32-38)37-19-8-3-9-20-37/h1-32H. The van der Waals surface area contributed by atoms with Crippen molar-refractivity contribution in [2.24, 2.45) is 0 Å². The van der Waals surface area contributed by atoms with E-state index in [2.05, 4.69) is 204 Å². The molecule has 240 valence electrons. The van der Waals surface area contributed by atoms with Gasteiger partial charge in [-0.1, -0.05) is 133 Å². The molecule has 0 atom stereocenters. The molecule has 0 amide bonds. The number of para-hydroxylation sites is 2. The van der Waals surface area contributed by atoms with Crippen molar-refractivity contribution >= 4 is 70.4 Å². The zero-order valence-electron chi connectivity index (χ0n) is 27.8. The number of rotatable bonds is 6. The first-order chi connectivity index (χ1) is 25.3. The summed E-state index contributed by atoms with van der Waals surface area (Å²) in [6.45, 7) is 0. The van der Waals surface area contributed by atoms with Gasteiger partial charge >= 0.3 is 0 Å². The van der Waals surface area contributed by atoms with Gasteiger partial charge in [0.1, 0.15) is 0 Å². The van der Waals surface area contributed by atoms with Crippen LogP contribution in [0.5, 0.6) is 0 Å². The molecule has 0 aliphatic heterocycles. The van der Waals surface area contributed by atoms with Gasteiger partial charge in [0.15, 0.2) is 0 Å². The average molecular weight is 669 g/mol. The molecule has 0 saturated carbocycles. The highest BCUT2D eigenvalue weighted by atomic mass is 32.1. The maximum atomic E-state index is 2.48. The minimum Gasteiger partial charge on any atom is -0.309 e. The van der Waals surface area contributed by atoms with Crippen LogP contribution in [-0.4, -0.2) is 4.57 Å². The van der Waals surface area contributed by atoms with Crippen molar-refractivity contribution in [3.05, 3.63) is 194 Å². The van der Waals surface area contributed by atoms with Crippen molar-refractivity contribution in [2.75, 3.05) is 4.90 Å². The molecule has 10 rings (SSSR count). The Morgan fingerprint density at radius 1 is 0.373 bits per heavy atom. The summed E-state index contributed by atoms with van der Waals surface area (Å²) in [5.74, 6) is 0. The van der Waals surface area contributed by atoms with E-state index >= 15 is 0 Å². The summed E-state index contributed by atoms with van der Waals surface area (Å²) >= 11 is 1.87. The Morgan fingerprint density at radius 3 is 1.69 bits per heavy atom. The van der Waals surface area contributed by atoms with Crippen LogP contribution in [-0.2, 0) is 0 Å². The highest BCUT2D eigenvalue weighted by molar-refractivity contribution is 7.26. The second-order valence-corrected chi connectivity index (χ2v) is 14.0. The molecular formula is C48H32N2S. The highest BCUT2D eigenvalue weighted by Gasteiger charge is 2.22. The van der Waals surface area contributed by atoms with Crippen molar-refractivity contribution in [3.8, 4) is 27.9 Å². The van der Waals surface area contributed by atoms with E-state index in [0.717, 1.165) is 17.1 Å². The Balaban J connectivity index is 1.29. The quantitative estimate of drug-likeness (QED) is 0.171. The first-order valence-corrected chi connectivity index (χ1v) is 18.2. The van der Waals surface area contributed by atoms with Gasteiger partial charge in [-0.05, 0) is 82.9 Å². The van der Waals surface area contributed by atoms with Crippen LogP contribution in [0.25, 0.3) is 69.9 Å². The van der Waals surface area contributed by atoms with Gasteiger partial charge < -0.3 is 9.47 Å². The summed E-state index contributed by atoms with van der Waals surface area (Å²) < 4.78 is 4.97. The van der Waals surface area contributed by atoms with Crippen LogP contribution in [0.2, 0.25) is 0 Å². The lowest BCUT2D eigenvalue weighted by molar-refractivity contribution is 1.18. The fraction of sp³-hybridized carbons (Fsp3) is 0. The topological polar surface area (TPSA) is 8.17 Å². The number of fused-ring (bicyclic) bond motifs is 6. The Kier molecular flexibility index (Phi) is 7.04. The summed E-state index contributed by atoms with van der Waals surface area (Å²) in [5, 5.41) is 5.06. The average Bonchev–Trinajstić information content (AvgIpc) is 3.75. The third-order valence-electron chi connectivity index (χ3n) is 9.94. The fourth-order valence-electron chi connectivity index (χ4n) is 7.62. The number of nitrogens with zero attached hydrogens (tertiary/aromatic N) is 2. The van der Waals surface area contributed by atoms with Gasteiger partial charge in [0.05, 0.1) is 21.4 Å². The molecule has 8 aromatic carbocycles. The second-order valence-electron chi connectivity index (χ2n) is 13.0. The van der Waals surface area contributed by atoms with E-state index in [1.807, 2.05) is 11.3 Å². The van der Waals surface area contributed by atoms with Crippen molar-refractivity contribution in [2.45, 2.75) is 0 Å². The molecule has 0 spiro atoms. The molecule has 0 aliphatic carbocycles. The number of hydrogen-bond acceptors (Lipinski definition) is 2. The molecular weight excluding hydrogens is 637 g/mol. The van der Waals surface area contributed by atoms with Crippen LogP contribution in [0.3, 0.4) is 0 Å². The van der Waals surface area contributed by atoms with E-state index in [0.29, 0.717) is 0 Å². The van der Waals surface area contributed by atoms with Gasteiger partial charge in [-0.15, -0.1) is 11.3 Å². The Morgan fingerprint density at radius 2 is 0.961 bits per heavy atom. The van der Waals surface area contributed by atoms with Crippen molar-refractivity contribution in [1.82, 2.24) is 4.57 Å². The number of aromatic nitrogens is 1. The van der Waals surface area contributed by atoms with Crippen LogP contribution in [0.1, 0.15) is 0 Å². The zero-order valence-corrected chi connectivity index (χ0v) is 28.6. The normalized spacial score (nSPS) is 11.5. The second kappa shape index (κ2) is 12.2. The summed E-state index contributed by atoms with van der Waals surface area (Å²) in [5.41, 5.74) is 11.7. The fourth-order valence-corrected chi connectivity index (χ4v) is 8.83. The molecule has 0 unspecified atom stereocenters. The molecule has 0 fully saturated rings. The zero-order chi connectivity index (χ0) is 33.7. The van der Waals surface area contributed by atoms with Gasteiger partial charge in [-0.3, -0.25) is 0 Å². The molecule has 0 radical (unpaired) electrons. The summed E-state index contributed by atoms with van der Waals surface area (Å²) in [6, 6.07) is 70.5. The highest BCUT2D eigenvalue weighted by Crippen LogP contribution is 2.47. The maximum absolute atomic E-state index is 2.48. The van der Waals surface area contributed by atoms with Crippen molar-refractivity contribution < 1.29 is 0 Å². The number of thiophene rings is 1. The largest absolute Gasteiger partial charge is 0.309 e. The van der Waals surface area contributed by atoms with Crippen molar-refractivity contribution in [3.63, 3.8) is 0 Å². The summed E-state index contributed by atoms with van der Waals surface area (Å²) in [4.78, 5) is 2.48. The SMILES string of the molecule is c1ccc(-c2cc(-c3ccccc3)cc(N(c3ccc4c5ccccc5n(-c5ccccc5)c4c3)c3cccc4c3sc3ccccc34)c2)cc1. The molecule has 2 heterocycles. The third-order valence-corrected chi connectivity index (χ3v) is 11.2. The van der Waals surface area contributed by atoms with E-state index in [-0.39, 0.29) is 0 Å². The minimum atomic E-state index is 1.11. The van der Waals surface area contributed by atoms with Crippen LogP contribution < -0.4 is 4.90 Å². The first kappa shape index (κ1) is 29.5. The predicted octanol–water partition coefficient (Wildman–Crippen LogP) is 14.0. The van der Waals surface area contributed by atoms with Gasteiger partial charge in [0.25, 0.3) is 0 Å². The van der Waals surface area contributed by atoms with Crippen LogP contribution in [0.4, 0.5) is 17.1 Å². The van der Waals surface area contributed by atoms with E-state index in [9.17, 15) is 0 Å². The maximum Gasteiger partial charge on any atom is 0.0640 e. The summed E-state index contributed by atoms with van der Waals surface area (Å²) in [7, 11) is 0. The molecule has 0 aliphatic rings. The Labute approximate surface area is 300 Å². The van der Waals surface area contributed by atoms with Gasteiger partial charge in [0, 0.05) is 43.3 Å². The number of benzene rings is 8. The van der Waals surface area contributed by atoms with E-state index in [4.69, 9.17) is 0 Å². The monoisotopic (exact) mass is 668 g/mol. The summed E-state index contributed by atoms with van der Waals surface area (Å²) in [6.07, 6.45) is 0. The molecule has 3 heteroatoms. The van der Waals surface area contributed by atoms with Gasteiger partial charge in [-0.25, -0.2) is 0 Å². The molecule has 0 bridgehead atoms. The molecule has 51 heavy (non-hydrogen) atoms. The lowest BCUT2D eigenvalue weighted by Crippen LogP contribution is -2.11. The third kappa shape index (κ3) is 5.01. The molecule has 0 saturated heterocycles. The number of anilines is 3. The van der Waals surface area contributed by atoms with Gasteiger partial charge in [-0.2, -0.15) is 0 Å². The molecule has 0 N–H and O–H groups in total. The number of hydrogen-bond donors (Lipinski definition) is 0. The lowest BCUT2D eigenvalue weighted by Gasteiger charge is -2.28. The molecule has 10 aromatic rings.